The fourth-order valence-corrected chi connectivity index (χ4v) is 4.54. The number of ether oxygens (including phenoxy) is 2. The van der Waals surface area contributed by atoms with E-state index in [0.717, 1.165) is 54.9 Å². The minimum absolute atomic E-state index is 0.140. The molecule has 0 spiro atoms. The molecular weight excluding hydrogens is 400 g/mol. The number of hydrogen-bond acceptors (Lipinski definition) is 6. The maximum Gasteiger partial charge on any atom is 0.288 e. The second kappa shape index (κ2) is 9.00. The Balaban J connectivity index is 1.37. The number of aryl methyl sites for hydroxylation is 1. The minimum atomic E-state index is -0.187. The molecule has 0 bridgehead atoms. The highest BCUT2D eigenvalue weighted by Crippen LogP contribution is 2.30. The van der Waals surface area contributed by atoms with Crippen LogP contribution in [-0.2, 0) is 17.8 Å². The first kappa shape index (κ1) is 20.6. The van der Waals surface area contributed by atoms with Crippen LogP contribution < -0.4 is 14.4 Å². The summed E-state index contributed by atoms with van der Waals surface area (Å²) in [5.41, 5.74) is 4.73. The van der Waals surface area contributed by atoms with Crippen LogP contribution in [0.4, 0.5) is 10.5 Å². The largest absolute Gasteiger partial charge is 0.493 e. The van der Waals surface area contributed by atoms with Crippen molar-refractivity contribution in [3.05, 3.63) is 53.1 Å². The van der Waals surface area contributed by atoms with Crippen molar-refractivity contribution in [2.45, 2.75) is 26.8 Å². The van der Waals surface area contributed by atoms with Crippen LogP contribution in [0.25, 0.3) is 0 Å². The van der Waals surface area contributed by atoms with E-state index in [1.165, 1.54) is 21.7 Å². The summed E-state index contributed by atoms with van der Waals surface area (Å²) in [5, 5.41) is -0.187. The molecule has 2 aliphatic rings. The maximum absolute atomic E-state index is 11.7. The van der Waals surface area contributed by atoms with Crippen LogP contribution in [0.5, 0.6) is 11.5 Å². The molecule has 0 aliphatic carbocycles. The molecule has 0 atom stereocenters. The molecule has 0 radical (unpaired) electrons. The Bertz CT molecular complexity index is 946. The van der Waals surface area contributed by atoms with Gasteiger partial charge in [0.2, 0.25) is 5.91 Å². The van der Waals surface area contributed by atoms with Gasteiger partial charge in [-0.1, -0.05) is 23.9 Å². The molecule has 4 rings (SSSR count). The molecule has 1 saturated heterocycles. The van der Waals surface area contributed by atoms with Gasteiger partial charge in [0.05, 0.1) is 18.9 Å². The lowest BCUT2D eigenvalue weighted by molar-refractivity contribution is -0.124. The fourth-order valence-electron chi connectivity index (χ4n) is 3.79. The highest BCUT2D eigenvalue weighted by atomic mass is 32.2. The number of fused-ring (bicyclic) bond motifs is 1. The normalized spacial score (nSPS) is 15.3. The van der Waals surface area contributed by atoms with Gasteiger partial charge in [0.1, 0.15) is 18.1 Å². The van der Waals surface area contributed by atoms with Gasteiger partial charge in [0, 0.05) is 25.2 Å². The monoisotopic (exact) mass is 426 g/mol. The molecule has 0 unspecified atom stereocenters. The van der Waals surface area contributed by atoms with Crippen LogP contribution in [0.3, 0.4) is 0 Å². The molecule has 0 aromatic heterocycles. The predicted octanol–water partition coefficient (Wildman–Crippen LogP) is 4.03. The van der Waals surface area contributed by atoms with E-state index in [9.17, 15) is 9.59 Å². The molecule has 2 heterocycles. The lowest BCUT2D eigenvalue weighted by atomic mass is 10.1. The molecule has 7 heteroatoms. The second-order valence-corrected chi connectivity index (χ2v) is 8.38. The number of imide groups is 1. The number of hydrogen-bond donors (Lipinski definition) is 0. The molecule has 30 heavy (non-hydrogen) atoms. The van der Waals surface area contributed by atoms with E-state index in [1.807, 2.05) is 13.0 Å². The van der Waals surface area contributed by atoms with E-state index < -0.39 is 0 Å². The Morgan fingerprint density at radius 2 is 2.07 bits per heavy atom. The van der Waals surface area contributed by atoms with E-state index in [2.05, 4.69) is 42.2 Å². The number of carbonyl (C=O) groups excluding carboxylic acids is 2. The quantitative estimate of drug-likeness (QED) is 0.635. The molecule has 1 fully saturated rings. The average molecular weight is 427 g/mol. The topological polar surface area (TPSA) is 59.1 Å². The zero-order chi connectivity index (χ0) is 21.1. The molecular formula is C23H26N2O4S. The molecule has 0 N–H and O–H groups in total. The molecule has 0 saturated carbocycles. The smallest absolute Gasteiger partial charge is 0.288 e. The summed E-state index contributed by atoms with van der Waals surface area (Å²) >= 11 is 1.05. The standard InChI is InChI=1S/C23H26N2O4S/c1-3-24(19-5-7-21-18(13-19)8-10-28-21)14-17-4-6-20(16(2)12-17)29-11-9-25-22(26)15-30-23(25)27/h4-7,12-13H,3,8-11,14-15H2,1-2H3. The van der Waals surface area contributed by atoms with Crippen molar-refractivity contribution >= 4 is 28.6 Å². The zero-order valence-electron chi connectivity index (χ0n) is 17.3. The van der Waals surface area contributed by atoms with Gasteiger partial charge in [-0.3, -0.25) is 14.5 Å². The van der Waals surface area contributed by atoms with Gasteiger partial charge in [0.25, 0.3) is 5.24 Å². The lowest BCUT2D eigenvalue weighted by Gasteiger charge is -2.24. The van der Waals surface area contributed by atoms with Gasteiger partial charge < -0.3 is 14.4 Å². The lowest BCUT2D eigenvalue weighted by Crippen LogP contribution is -2.32. The summed E-state index contributed by atoms with van der Waals surface area (Å²) in [6.45, 7) is 7.26. The van der Waals surface area contributed by atoms with Gasteiger partial charge in [-0.15, -0.1) is 0 Å². The number of thioether (sulfide) groups is 1. The summed E-state index contributed by atoms with van der Waals surface area (Å²) in [6.07, 6.45) is 0.971. The Morgan fingerprint density at radius 1 is 1.20 bits per heavy atom. The number of amides is 2. The summed E-state index contributed by atoms with van der Waals surface area (Å²) in [6, 6.07) is 12.6. The highest BCUT2D eigenvalue weighted by Gasteiger charge is 2.29. The summed E-state index contributed by atoms with van der Waals surface area (Å²) in [5.74, 6) is 1.88. The van der Waals surface area contributed by atoms with Crippen molar-refractivity contribution in [1.29, 1.82) is 0 Å². The van der Waals surface area contributed by atoms with Crippen LogP contribution in [0, 0.1) is 6.92 Å². The van der Waals surface area contributed by atoms with Crippen LogP contribution >= 0.6 is 11.8 Å². The molecule has 158 valence electrons. The van der Waals surface area contributed by atoms with E-state index in [1.54, 1.807) is 0 Å². The van der Waals surface area contributed by atoms with E-state index >= 15 is 0 Å². The molecule has 2 aromatic carbocycles. The Hall–Kier alpha value is -2.67. The molecule has 2 amide bonds. The van der Waals surface area contributed by atoms with Crippen molar-refractivity contribution < 1.29 is 19.1 Å². The van der Waals surface area contributed by atoms with Crippen LogP contribution in [0.1, 0.15) is 23.6 Å². The Morgan fingerprint density at radius 3 is 2.80 bits per heavy atom. The molecule has 2 aromatic rings. The highest BCUT2D eigenvalue weighted by molar-refractivity contribution is 8.14. The van der Waals surface area contributed by atoms with Crippen LogP contribution in [0.15, 0.2) is 36.4 Å². The van der Waals surface area contributed by atoms with Gasteiger partial charge >= 0.3 is 0 Å². The Kier molecular flexibility index (Phi) is 6.18. The van der Waals surface area contributed by atoms with E-state index in [0.29, 0.717) is 6.61 Å². The third kappa shape index (κ3) is 4.41. The summed E-state index contributed by atoms with van der Waals surface area (Å²) < 4.78 is 11.5. The first-order chi connectivity index (χ1) is 14.5. The third-order valence-corrected chi connectivity index (χ3v) is 6.30. The van der Waals surface area contributed by atoms with Crippen molar-refractivity contribution in [3.63, 3.8) is 0 Å². The average Bonchev–Trinajstić information content (AvgIpc) is 3.34. The first-order valence-electron chi connectivity index (χ1n) is 10.2. The Labute approximate surface area is 181 Å². The van der Waals surface area contributed by atoms with Gasteiger partial charge in [0.15, 0.2) is 0 Å². The first-order valence-corrected chi connectivity index (χ1v) is 11.2. The maximum atomic E-state index is 11.7. The second-order valence-electron chi connectivity index (χ2n) is 7.45. The van der Waals surface area contributed by atoms with Gasteiger partial charge in [-0.2, -0.15) is 0 Å². The number of benzene rings is 2. The number of carbonyl (C=O) groups is 2. The van der Waals surface area contributed by atoms with Crippen molar-refractivity contribution in [2.75, 3.05) is 37.0 Å². The van der Waals surface area contributed by atoms with Crippen molar-refractivity contribution in [2.24, 2.45) is 0 Å². The van der Waals surface area contributed by atoms with Crippen molar-refractivity contribution in [1.82, 2.24) is 4.90 Å². The number of nitrogens with zero attached hydrogens (tertiary/aromatic N) is 2. The number of anilines is 1. The SMILES string of the molecule is CCN(Cc1ccc(OCCN2C(=O)CSC2=O)c(C)c1)c1ccc2c(c1)CCO2. The minimum Gasteiger partial charge on any atom is -0.493 e. The van der Waals surface area contributed by atoms with Crippen molar-refractivity contribution in [3.8, 4) is 11.5 Å². The molecule has 2 aliphatic heterocycles. The van der Waals surface area contributed by atoms with Crippen LogP contribution in [0.2, 0.25) is 0 Å². The summed E-state index contributed by atoms with van der Waals surface area (Å²) in [7, 11) is 0. The summed E-state index contributed by atoms with van der Waals surface area (Å²) in [4.78, 5) is 26.9. The van der Waals surface area contributed by atoms with E-state index in [4.69, 9.17) is 9.47 Å². The van der Waals surface area contributed by atoms with E-state index in [-0.39, 0.29) is 23.4 Å². The molecule has 6 nitrogen and oxygen atoms in total. The van der Waals surface area contributed by atoms with Gasteiger partial charge in [-0.05, 0) is 54.8 Å². The fraction of sp³-hybridized carbons (Fsp3) is 0.391. The van der Waals surface area contributed by atoms with Crippen LogP contribution in [-0.4, -0.2) is 48.1 Å². The third-order valence-electron chi connectivity index (χ3n) is 5.45. The zero-order valence-corrected chi connectivity index (χ0v) is 18.2. The number of rotatable bonds is 8. The predicted molar refractivity (Wildman–Crippen MR) is 119 cm³/mol. The van der Waals surface area contributed by atoms with Gasteiger partial charge in [-0.25, -0.2) is 0 Å².